The van der Waals surface area contributed by atoms with E-state index in [4.69, 9.17) is 9.84 Å². The van der Waals surface area contributed by atoms with Crippen molar-refractivity contribution in [3.63, 3.8) is 0 Å². The number of carboxylic acid groups (broad SMARTS) is 1. The first-order valence-corrected chi connectivity index (χ1v) is 12.1. The normalized spacial score (nSPS) is 11.9. The van der Waals surface area contributed by atoms with E-state index in [0.717, 1.165) is 29.7 Å². The minimum atomic E-state index is -0.875. The van der Waals surface area contributed by atoms with Gasteiger partial charge in [-0.25, -0.2) is 0 Å². The molecule has 3 rings (SSSR count). The number of aliphatic carboxylic acids is 1. The molecule has 0 saturated carbocycles. The molecule has 4 nitrogen and oxygen atoms in total. The van der Waals surface area contributed by atoms with Crippen LogP contribution in [0.5, 0.6) is 5.75 Å². The minimum Gasteiger partial charge on any atom is -0.486 e. The minimum absolute atomic E-state index is 0.0122. The number of carbonyl (C=O) groups is 2. The second kappa shape index (κ2) is 12.2. The number of hydrogen-bond donors (Lipinski definition) is 1. The van der Waals surface area contributed by atoms with Crippen LogP contribution in [0.4, 0.5) is 0 Å². The van der Waals surface area contributed by atoms with Gasteiger partial charge >= 0.3 is 5.97 Å². The molecule has 1 N–H and O–H groups in total. The Morgan fingerprint density at radius 3 is 1.88 bits per heavy atom. The number of ether oxygens (including phenoxy) is 1. The SMILES string of the molecule is CCCC(Oc1ccc(-c2ccc(C(C)C)cc2)cc1)c1ccc(C(=O)CCCC(=O)O)cc1. The Kier molecular flexibility index (Phi) is 9.03. The Hall–Kier alpha value is -3.40. The maximum atomic E-state index is 12.3. The lowest BCUT2D eigenvalue weighted by Gasteiger charge is -2.20. The third kappa shape index (κ3) is 7.05. The quantitative estimate of drug-likeness (QED) is 0.281. The molecule has 1 atom stereocenters. The molecule has 34 heavy (non-hydrogen) atoms. The van der Waals surface area contributed by atoms with E-state index in [1.54, 1.807) is 0 Å². The van der Waals surface area contributed by atoms with Crippen LogP contribution >= 0.6 is 0 Å². The summed E-state index contributed by atoms with van der Waals surface area (Å²) in [6.07, 6.45) is 2.35. The Morgan fingerprint density at radius 2 is 1.35 bits per heavy atom. The standard InChI is InChI=1S/C30H34O4/c1-4-6-29(26-15-13-25(14-16-26)28(31)7-5-8-30(32)33)34-27-19-17-24(18-20-27)23-11-9-22(10-12-23)21(2)3/h9-21,29H,4-8H2,1-3H3,(H,32,33). The van der Waals surface area contributed by atoms with Gasteiger partial charge in [-0.3, -0.25) is 9.59 Å². The smallest absolute Gasteiger partial charge is 0.303 e. The van der Waals surface area contributed by atoms with E-state index in [9.17, 15) is 9.59 Å². The van der Waals surface area contributed by atoms with Crippen LogP contribution in [-0.4, -0.2) is 16.9 Å². The van der Waals surface area contributed by atoms with Gasteiger partial charge in [-0.05, 0) is 53.1 Å². The van der Waals surface area contributed by atoms with Gasteiger partial charge in [0.25, 0.3) is 0 Å². The third-order valence-corrected chi connectivity index (χ3v) is 5.99. The van der Waals surface area contributed by atoms with E-state index in [1.807, 2.05) is 36.4 Å². The average Bonchev–Trinajstić information content (AvgIpc) is 2.84. The Bertz CT molecular complexity index is 1060. The van der Waals surface area contributed by atoms with Crippen molar-refractivity contribution in [2.45, 2.75) is 64.9 Å². The molecule has 0 aliphatic rings. The van der Waals surface area contributed by atoms with E-state index < -0.39 is 5.97 Å². The van der Waals surface area contributed by atoms with Crippen molar-refractivity contribution in [3.8, 4) is 16.9 Å². The zero-order valence-electron chi connectivity index (χ0n) is 20.3. The summed E-state index contributed by atoms with van der Waals surface area (Å²) in [5.41, 5.74) is 5.30. The second-order valence-corrected chi connectivity index (χ2v) is 8.99. The Labute approximate surface area is 202 Å². The summed E-state index contributed by atoms with van der Waals surface area (Å²) in [5, 5.41) is 8.74. The fourth-order valence-electron chi connectivity index (χ4n) is 3.93. The Morgan fingerprint density at radius 1 is 0.794 bits per heavy atom. The molecule has 4 heteroatoms. The van der Waals surface area contributed by atoms with Gasteiger partial charge in [0.1, 0.15) is 11.9 Å². The monoisotopic (exact) mass is 458 g/mol. The lowest BCUT2D eigenvalue weighted by molar-refractivity contribution is -0.137. The molecule has 0 aliphatic heterocycles. The lowest BCUT2D eigenvalue weighted by atomic mass is 9.98. The van der Waals surface area contributed by atoms with Crippen LogP contribution in [0, 0.1) is 0 Å². The fourth-order valence-corrected chi connectivity index (χ4v) is 3.93. The van der Waals surface area contributed by atoms with Crippen molar-refractivity contribution in [2.75, 3.05) is 0 Å². The predicted octanol–water partition coefficient (Wildman–Crippen LogP) is 7.83. The van der Waals surface area contributed by atoms with Gasteiger partial charge in [-0.2, -0.15) is 0 Å². The molecule has 0 bridgehead atoms. The first-order chi connectivity index (χ1) is 16.4. The fraction of sp³-hybridized carbons (Fsp3) is 0.333. The molecule has 0 aromatic heterocycles. The molecule has 3 aromatic carbocycles. The molecule has 0 radical (unpaired) electrons. The highest BCUT2D eigenvalue weighted by Crippen LogP contribution is 2.29. The highest BCUT2D eigenvalue weighted by atomic mass is 16.5. The van der Waals surface area contributed by atoms with Crippen LogP contribution in [0.2, 0.25) is 0 Å². The van der Waals surface area contributed by atoms with Gasteiger partial charge in [0.05, 0.1) is 0 Å². The number of carbonyl (C=O) groups excluding carboxylic acids is 1. The van der Waals surface area contributed by atoms with Crippen LogP contribution in [-0.2, 0) is 4.79 Å². The van der Waals surface area contributed by atoms with Crippen molar-refractivity contribution in [3.05, 3.63) is 89.5 Å². The summed E-state index contributed by atoms with van der Waals surface area (Å²) in [4.78, 5) is 22.9. The molecule has 0 aliphatic carbocycles. The molecule has 1 unspecified atom stereocenters. The van der Waals surface area contributed by atoms with E-state index in [1.165, 1.54) is 11.1 Å². The first-order valence-electron chi connectivity index (χ1n) is 12.1. The number of carboxylic acids is 1. The Balaban J connectivity index is 1.66. The van der Waals surface area contributed by atoms with Crippen LogP contribution in [0.25, 0.3) is 11.1 Å². The third-order valence-electron chi connectivity index (χ3n) is 5.99. The van der Waals surface area contributed by atoms with E-state index in [-0.39, 0.29) is 24.7 Å². The van der Waals surface area contributed by atoms with E-state index >= 15 is 0 Å². The molecular weight excluding hydrogens is 424 g/mol. The molecule has 0 amide bonds. The van der Waals surface area contributed by atoms with Crippen molar-refractivity contribution in [1.29, 1.82) is 0 Å². The van der Waals surface area contributed by atoms with Gasteiger partial charge in [0.2, 0.25) is 0 Å². The molecule has 0 fully saturated rings. The average molecular weight is 459 g/mol. The summed E-state index contributed by atoms with van der Waals surface area (Å²) in [5.74, 6) is 0.428. The van der Waals surface area contributed by atoms with Crippen LogP contribution in [0.3, 0.4) is 0 Å². The lowest BCUT2D eigenvalue weighted by Crippen LogP contribution is -2.08. The van der Waals surface area contributed by atoms with Crippen LogP contribution < -0.4 is 4.74 Å². The molecule has 178 valence electrons. The van der Waals surface area contributed by atoms with Gasteiger partial charge in [-0.15, -0.1) is 0 Å². The number of benzene rings is 3. The zero-order valence-corrected chi connectivity index (χ0v) is 20.3. The van der Waals surface area contributed by atoms with Crippen LogP contribution in [0.15, 0.2) is 72.8 Å². The number of hydrogen-bond acceptors (Lipinski definition) is 3. The summed E-state index contributed by atoms with van der Waals surface area (Å²) >= 11 is 0. The maximum Gasteiger partial charge on any atom is 0.303 e. The predicted molar refractivity (Wildman–Crippen MR) is 137 cm³/mol. The first kappa shape index (κ1) is 25.2. The van der Waals surface area contributed by atoms with E-state index in [0.29, 0.717) is 17.9 Å². The van der Waals surface area contributed by atoms with Gasteiger partial charge in [0, 0.05) is 18.4 Å². The number of Topliss-reactive ketones (excluding diaryl/α,β-unsaturated/α-hetero) is 1. The van der Waals surface area contributed by atoms with Gasteiger partial charge in [-0.1, -0.05) is 87.9 Å². The molecular formula is C30H34O4. The largest absolute Gasteiger partial charge is 0.486 e. The summed E-state index contributed by atoms with van der Waals surface area (Å²) in [6, 6.07) is 24.4. The maximum absolute atomic E-state index is 12.3. The van der Waals surface area contributed by atoms with Crippen molar-refractivity contribution in [1.82, 2.24) is 0 Å². The van der Waals surface area contributed by atoms with Crippen molar-refractivity contribution >= 4 is 11.8 Å². The van der Waals surface area contributed by atoms with E-state index in [2.05, 4.69) is 57.2 Å². The number of rotatable bonds is 12. The molecule has 0 spiro atoms. The van der Waals surface area contributed by atoms with Gasteiger partial charge < -0.3 is 9.84 Å². The molecule has 3 aromatic rings. The second-order valence-electron chi connectivity index (χ2n) is 8.99. The highest BCUT2D eigenvalue weighted by Gasteiger charge is 2.14. The zero-order chi connectivity index (χ0) is 24.5. The molecule has 0 saturated heterocycles. The summed E-state index contributed by atoms with van der Waals surface area (Å²) in [6.45, 7) is 6.52. The number of ketones is 1. The topological polar surface area (TPSA) is 63.6 Å². The van der Waals surface area contributed by atoms with Crippen molar-refractivity contribution in [2.24, 2.45) is 0 Å². The summed E-state index contributed by atoms with van der Waals surface area (Å²) < 4.78 is 6.32. The van der Waals surface area contributed by atoms with Crippen molar-refractivity contribution < 1.29 is 19.4 Å². The highest BCUT2D eigenvalue weighted by molar-refractivity contribution is 5.96. The summed E-state index contributed by atoms with van der Waals surface area (Å²) in [7, 11) is 0. The van der Waals surface area contributed by atoms with Gasteiger partial charge in [0.15, 0.2) is 5.78 Å². The van der Waals surface area contributed by atoms with Crippen LogP contribution in [0.1, 0.15) is 86.4 Å². The molecule has 0 heterocycles.